The molecule has 0 unspecified atom stereocenters. The number of carbonyl (C=O) groups excluding carboxylic acids is 4. The highest BCUT2D eigenvalue weighted by Crippen LogP contribution is 2.46. The van der Waals surface area contributed by atoms with Gasteiger partial charge in [-0.2, -0.15) is 0 Å². The summed E-state index contributed by atoms with van der Waals surface area (Å²) in [5, 5.41) is 6.49. The van der Waals surface area contributed by atoms with Crippen molar-refractivity contribution in [2.75, 3.05) is 0 Å². The van der Waals surface area contributed by atoms with Crippen LogP contribution in [0.15, 0.2) is 109 Å². The summed E-state index contributed by atoms with van der Waals surface area (Å²) in [5.41, 5.74) is 3.73. The zero-order chi connectivity index (χ0) is 37.7. The van der Waals surface area contributed by atoms with Crippen LogP contribution >= 0.6 is 0 Å². The maximum Gasteiger partial charge on any atom is 0.261 e. The number of imide groups is 2. The summed E-state index contributed by atoms with van der Waals surface area (Å²) in [6, 6.07) is 33.9. The molecule has 7 heteroatoms. The summed E-state index contributed by atoms with van der Waals surface area (Å²) in [6.45, 7) is 16.4. The van der Waals surface area contributed by atoms with E-state index in [1.54, 1.807) is 24.3 Å². The standard InChI is InChI=1S/C38H22N2O4.4C2H6.CH4.B.H2/c41-35-27-15-11-23-25-13-17-29-34-30(38(44)40(37(29)43)20-22-9-5-2-6-10-22)18-14-26(32(25)34)24-12-16-28(33(27)31(23)24)36(42)39(35)19-21-7-3-1-4-8-21;4*1-2;;;/h1-18H,19-20H2;4*1-2H3;1H4;;1H/i;;;;;;;1+1. The molecule has 7 aromatic rings. The number of carbonyl (C=O) groups is 4. The van der Waals surface area contributed by atoms with E-state index < -0.39 is 0 Å². The third-order valence-corrected chi connectivity index (χ3v) is 9.17. The molecule has 0 saturated heterocycles. The lowest BCUT2D eigenvalue weighted by molar-refractivity contribution is 0.0583. The molecule has 0 aliphatic carbocycles. The molecule has 277 valence electrons. The highest BCUT2D eigenvalue weighted by atomic mass is 16.2. The monoisotopic (exact) mass is 720 g/mol. The highest BCUT2D eigenvalue weighted by molar-refractivity contribution is 6.41. The number of rotatable bonds is 4. The Balaban J connectivity index is 0.000000897. The van der Waals surface area contributed by atoms with Crippen molar-refractivity contribution in [3.8, 4) is 0 Å². The van der Waals surface area contributed by atoms with E-state index >= 15 is 0 Å². The Morgan fingerprint density at radius 2 is 0.611 bits per heavy atom. The summed E-state index contributed by atoms with van der Waals surface area (Å²) in [7, 11) is 0. The maximum absolute atomic E-state index is 13.8. The first-order chi connectivity index (χ1) is 25.5. The summed E-state index contributed by atoms with van der Waals surface area (Å²) < 4.78 is 0. The van der Waals surface area contributed by atoms with Crippen LogP contribution in [0.1, 0.15) is 117 Å². The van der Waals surface area contributed by atoms with Crippen LogP contribution < -0.4 is 0 Å². The normalized spacial score (nSPS) is 12.4. The molecule has 0 aromatic heterocycles. The van der Waals surface area contributed by atoms with Crippen LogP contribution in [0.4, 0.5) is 0 Å². The van der Waals surface area contributed by atoms with Crippen LogP contribution in [0.5, 0.6) is 0 Å². The molecule has 0 atom stereocenters. The Labute approximate surface area is 323 Å². The molecule has 4 amide bonds. The lowest BCUT2D eigenvalue weighted by Gasteiger charge is -2.30. The van der Waals surface area contributed by atoms with Gasteiger partial charge in [-0.15, -0.1) is 0 Å². The zero-order valence-electron chi connectivity index (χ0n) is 31.9. The van der Waals surface area contributed by atoms with Crippen molar-refractivity contribution in [3.05, 3.63) is 143 Å². The Hall–Kier alpha value is -5.82. The number of nitrogens with zero attached hydrogens (tertiary/aromatic N) is 2. The molecule has 3 radical (unpaired) electrons. The van der Waals surface area contributed by atoms with Gasteiger partial charge in [-0.1, -0.05) is 148 Å². The molecule has 7 aromatic carbocycles. The van der Waals surface area contributed by atoms with Crippen LogP contribution in [-0.2, 0) is 13.1 Å². The van der Waals surface area contributed by atoms with E-state index in [4.69, 9.17) is 0 Å². The molecule has 0 N–H and O–H groups in total. The van der Waals surface area contributed by atoms with Gasteiger partial charge in [0.2, 0.25) is 0 Å². The molecule has 2 heterocycles. The highest BCUT2D eigenvalue weighted by Gasteiger charge is 2.37. The van der Waals surface area contributed by atoms with Crippen LogP contribution in [-0.4, -0.2) is 41.8 Å². The first-order valence-electron chi connectivity index (χ1n) is 18.5. The first kappa shape index (κ1) is 42.6. The second-order valence-corrected chi connectivity index (χ2v) is 11.5. The molecule has 2 aliphatic rings. The summed E-state index contributed by atoms with van der Waals surface area (Å²) >= 11 is 0. The predicted octanol–water partition coefficient (Wildman–Crippen LogP) is 11.9. The van der Waals surface area contributed by atoms with Gasteiger partial charge in [0.25, 0.3) is 23.6 Å². The van der Waals surface area contributed by atoms with Gasteiger partial charge in [-0.3, -0.25) is 29.0 Å². The fraction of sp³-hybridized carbons (Fsp3) is 0.234. The minimum Gasteiger partial charge on any atom is -0.270 e. The van der Waals surface area contributed by atoms with Crippen molar-refractivity contribution >= 4 is 75.1 Å². The van der Waals surface area contributed by atoms with Gasteiger partial charge < -0.3 is 0 Å². The quantitative estimate of drug-likeness (QED) is 0.0785. The number of fused-ring (bicyclic) bond motifs is 2. The minimum absolute atomic E-state index is 0. The molecule has 2 aliphatic heterocycles. The Morgan fingerprint density at radius 3 is 0.852 bits per heavy atom. The molecule has 54 heavy (non-hydrogen) atoms. The number of hydrogen-bond donors (Lipinski definition) is 0. The lowest BCUT2D eigenvalue weighted by Crippen LogP contribution is -2.40. The van der Waals surface area contributed by atoms with E-state index in [1.807, 2.05) is 140 Å². The van der Waals surface area contributed by atoms with Crippen molar-refractivity contribution in [2.45, 2.75) is 75.9 Å². The molecule has 0 saturated carbocycles. The third-order valence-electron chi connectivity index (χ3n) is 9.17. The molecule has 0 fully saturated rings. The van der Waals surface area contributed by atoms with E-state index in [0.717, 1.165) is 43.4 Å². The SMILES string of the molecule is C.CC.CC.CC.CC.O=C1c2ccc3c4ccc5c6c(ccc(c7ccc(c2c37)C(=O)N1Cc1ccccc1)c64)C(=O)N(Cc1ccccc1)C5=O.[2HH].[B]. The van der Waals surface area contributed by atoms with Crippen LogP contribution in [0.25, 0.3) is 43.1 Å². The van der Waals surface area contributed by atoms with Crippen LogP contribution in [0, 0.1) is 0 Å². The molecular formula is C47H52BN2O4. The van der Waals surface area contributed by atoms with Crippen molar-refractivity contribution in [1.29, 1.82) is 0 Å². The second kappa shape index (κ2) is 18.3. The summed E-state index contributed by atoms with van der Waals surface area (Å²) in [4.78, 5) is 57.7. The van der Waals surface area contributed by atoms with E-state index in [0.29, 0.717) is 33.0 Å². The Bertz CT molecular complexity index is 2140. The largest absolute Gasteiger partial charge is 0.270 e. The van der Waals surface area contributed by atoms with Gasteiger partial charge in [-0.05, 0) is 67.7 Å². The van der Waals surface area contributed by atoms with Gasteiger partial charge in [0, 0.05) is 42.9 Å². The van der Waals surface area contributed by atoms with Crippen LogP contribution in [0.2, 0.25) is 0 Å². The van der Waals surface area contributed by atoms with Crippen molar-refractivity contribution in [3.63, 3.8) is 0 Å². The lowest BCUT2D eigenvalue weighted by atomic mass is 9.82. The summed E-state index contributed by atoms with van der Waals surface area (Å²) in [5.74, 6) is -1.27. The topological polar surface area (TPSA) is 74.8 Å². The Morgan fingerprint density at radius 1 is 0.370 bits per heavy atom. The third kappa shape index (κ3) is 6.75. The molecule has 0 bridgehead atoms. The van der Waals surface area contributed by atoms with Gasteiger partial charge >= 0.3 is 0 Å². The van der Waals surface area contributed by atoms with Crippen molar-refractivity contribution in [2.24, 2.45) is 0 Å². The molecule has 0 spiro atoms. The molecular weight excluding hydrogens is 667 g/mol. The van der Waals surface area contributed by atoms with Crippen molar-refractivity contribution < 1.29 is 20.6 Å². The van der Waals surface area contributed by atoms with E-state index in [9.17, 15) is 19.2 Å². The number of amides is 4. The van der Waals surface area contributed by atoms with E-state index in [1.165, 1.54) is 9.80 Å². The fourth-order valence-electron chi connectivity index (χ4n) is 7.19. The minimum atomic E-state index is -0.319. The smallest absolute Gasteiger partial charge is 0.261 e. The van der Waals surface area contributed by atoms with E-state index in [-0.39, 0.29) is 54.0 Å². The van der Waals surface area contributed by atoms with Crippen LogP contribution in [0.3, 0.4) is 0 Å². The predicted molar refractivity (Wildman–Crippen MR) is 229 cm³/mol. The number of hydrogen-bond acceptors (Lipinski definition) is 4. The van der Waals surface area contributed by atoms with Gasteiger partial charge in [0.15, 0.2) is 0 Å². The first-order valence-corrected chi connectivity index (χ1v) is 18.5. The van der Waals surface area contributed by atoms with E-state index in [2.05, 4.69) is 0 Å². The zero-order valence-corrected chi connectivity index (χ0v) is 31.9. The molecule has 9 rings (SSSR count). The average molecular weight is 721 g/mol. The Kier molecular flexibility index (Phi) is 14.4. The summed E-state index contributed by atoms with van der Waals surface area (Å²) in [6.07, 6.45) is 0. The van der Waals surface area contributed by atoms with Gasteiger partial charge in [-0.25, -0.2) is 0 Å². The average Bonchev–Trinajstić information content (AvgIpc) is 3.22. The fourth-order valence-corrected chi connectivity index (χ4v) is 7.19. The van der Waals surface area contributed by atoms with Gasteiger partial charge in [0.1, 0.15) is 0 Å². The second-order valence-electron chi connectivity index (χ2n) is 11.5. The van der Waals surface area contributed by atoms with Crippen molar-refractivity contribution in [1.82, 2.24) is 9.80 Å². The van der Waals surface area contributed by atoms with Gasteiger partial charge in [0.05, 0.1) is 13.1 Å². The number of benzene rings is 7. The molecule has 6 nitrogen and oxygen atoms in total. The maximum atomic E-state index is 13.8.